The summed E-state index contributed by atoms with van der Waals surface area (Å²) in [5.74, 6) is -1.23. The van der Waals surface area contributed by atoms with E-state index in [1.165, 1.54) is 6.92 Å². The Labute approximate surface area is 113 Å². The van der Waals surface area contributed by atoms with Gasteiger partial charge in [-0.25, -0.2) is 8.42 Å². The zero-order valence-corrected chi connectivity index (χ0v) is 12.7. The molecule has 0 spiro atoms. The van der Waals surface area contributed by atoms with Crippen LogP contribution in [0.1, 0.15) is 6.92 Å². The predicted molar refractivity (Wildman–Crippen MR) is 67.1 cm³/mol. The van der Waals surface area contributed by atoms with Crippen molar-refractivity contribution in [2.24, 2.45) is 0 Å². The van der Waals surface area contributed by atoms with Gasteiger partial charge in [-0.3, -0.25) is 4.79 Å². The molecule has 0 amide bonds. The van der Waals surface area contributed by atoms with Gasteiger partial charge in [0.15, 0.2) is 0 Å². The highest BCUT2D eigenvalue weighted by molar-refractivity contribution is 9.13. The number of sulfonamides is 1. The quantitative estimate of drug-likeness (QED) is 0.820. The Morgan fingerprint density at radius 1 is 1.56 bits per heavy atom. The van der Waals surface area contributed by atoms with Crippen molar-refractivity contribution in [1.29, 1.82) is 0 Å². The van der Waals surface area contributed by atoms with Crippen LogP contribution in [0.4, 0.5) is 0 Å². The Balaban J connectivity index is 3.04. The van der Waals surface area contributed by atoms with Crippen molar-refractivity contribution in [1.82, 2.24) is 4.72 Å². The van der Waals surface area contributed by atoms with Crippen molar-refractivity contribution in [2.45, 2.75) is 17.2 Å². The van der Waals surface area contributed by atoms with Gasteiger partial charge >= 0.3 is 5.97 Å². The van der Waals surface area contributed by atoms with Crippen LogP contribution in [-0.2, 0) is 14.8 Å². The van der Waals surface area contributed by atoms with E-state index in [4.69, 9.17) is 5.11 Å². The van der Waals surface area contributed by atoms with Crippen LogP contribution in [0.25, 0.3) is 0 Å². The second kappa shape index (κ2) is 5.13. The Kier molecular flexibility index (Phi) is 4.52. The van der Waals surface area contributed by atoms with Gasteiger partial charge in [-0.2, -0.15) is 4.72 Å². The molecule has 16 heavy (non-hydrogen) atoms. The Hall–Kier alpha value is 0.0400. The van der Waals surface area contributed by atoms with Crippen LogP contribution in [0.2, 0.25) is 0 Å². The van der Waals surface area contributed by atoms with E-state index in [0.29, 0.717) is 8.95 Å². The highest BCUT2D eigenvalue weighted by atomic mass is 79.9. The molecule has 9 heteroatoms. The first-order valence-corrected chi connectivity index (χ1v) is 7.88. The average Bonchev–Trinajstić information content (AvgIpc) is 2.47. The normalized spacial score (nSPS) is 13.7. The summed E-state index contributed by atoms with van der Waals surface area (Å²) < 4.78 is 26.6. The molecule has 1 rings (SSSR count). The smallest absolute Gasteiger partial charge is 0.321 e. The maximum absolute atomic E-state index is 11.8. The Morgan fingerprint density at radius 3 is 2.50 bits per heavy atom. The van der Waals surface area contributed by atoms with Crippen LogP contribution in [-0.4, -0.2) is 25.5 Å². The number of thiophene rings is 1. The zero-order valence-electron chi connectivity index (χ0n) is 7.90. The van der Waals surface area contributed by atoms with E-state index >= 15 is 0 Å². The van der Waals surface area contributed by atoms with E-state index in [1.807, 2.05) is 0 Å². The van der Waals surface area contributed by atoms with Crippen molar-refractivity contribution < 1.29 is 18.3 Å². The first-order valence-electron chi connectivity index (χ1n) is 3.93. The fourth-order valence-electron chi connectivity index (χ4n) is 0.824. The number of carboxylic acid groups (broad SMARTS) is 1. The van der Waals surface area contributed by atoms with Crippen molar-refractivity contribution in [3.05, 3.63) is 14.3 Å². The lowest BCUT2D eigenvalue weighted by Gasteiger charge is -2.08. The van der Waals surface area contributed by atoms with Crippen LogP contribution < -0.4 is 4.72 Å². The molecule has 90 valence electrons. The number of hydrogen-bond acceptors (Lipinski definition) is 4. The van der Waals surface area contributed by atoms with E-state index in [1.54, 1.807) is 5.38 Å². The molecule has 1 unspecified atom stereocenters. The van der Waals surface area contributed by atoms with Gasteiger partial charge in [0.05, 0.1) is 4.47 Å². The molecule has 0 saturated carbocycles. The minimum atomic E-state index is -3.80. The largest absolute Gasteiger partial charge is 0.480 e. The molecule has 0 fully saturated rings. The highest BCUT2D eigenvalue weighted by Crippen LogP contribution is 2.35. The molecule has 1 heterocycles. The number of hydrogen-bond donors (Lipinski definition) is 2. The molecule has 5 nitrogen and oxygen atoms in total. The molecule has 1 aromatic heterocycles. The number of carbonyl (C=O) groups is 1. The van der Waals surface area contributed by atoms with Crippen molar-refractivity contribution >= 4 is 59.2 Å². The Morgan fingerprint density at radius 2 is 2.12 bits per heavy atom. The standard InChI is InChI=1S/C7H7Br2NO4S2/c1-3(6(11)12)10-16(13,14)7-5(9)4(8)2-15-7/h2-3,10H,1H3,(H,11,12). The summed E-state index contributed by atoms with van der Waals surface area (Å²) in [6, 6.07) is -1.17. The second-order valence-corrected chi connectivity index (χ2v) is 7.30. The van der Waals surface area contributed by atoms with Crippen molar-refractivity contribution in [2.75, 3.05) is 0 Å². The highest BCUT2D eigenvalue weighted by Gasteiger charge is 2.25. The van der Waals surface area contributed by atoms with Gasteiger partial charge < -0.3 is 5.11 Å². The third-order valence-electron chi connectivity index (χ3n) is 1.60. The maximum Gasteiger partial charge on any atom is 0.321 e. The van der Waals surface area contributed by atoms with Gasteiger partial charge in [0.1, 0.15) is 10.3 Å². The summed E-state index contributed by atoms with van der Waals surface area (Å²) in [5.41, 5.74) is 0. The van der Waals surface area contributed by atoms with E-state index in [9.17, 15) is 13.2 Å². The monoisotopic (exact) mass is 391 g/mol. The van der Waals surface area contributed by atoms with E-state index in [0.717, 1.165) is 11.3 Å². The molecular weight excluding hydrogens is 386 g/mol. The lowest BCUT2D eigenvalue weighted by molar-refractivity contribution is -0.138. The number of carboxylic acids is 1. The molecule has 1 aromatic rings. The number of halogens is 2. The van der Waals surface area contributed by atoms with E-state index in [2.05, 4.69) is 36.6 Å². The van der Waals surface area contributed by atoms with Crippen molar-refractivity contribution in [3.63, 3.8) is 0 Å². The summed E-state index contributed by atoms with van der Waals surface area (Å²) in [5, 5.41) is 10.2. The molecule has 0 bridgehead atoms. The Bertz CT molecular complexity index is 510. The van der Waals surface area contributed by atoms with Gasteiger partial charge in [-0.1, -0.05) is 0 Å². The molecule has 0 aliphatic heterocycles. The average molecular weight is 393 g/mol. The van der Waals surface area contributed by atoms with E-state index < -0.39 is 22.0 Å². The number of nitrogens with one attached hydrogen (secondary N) is 1. The van der Waals surface area contributed by atoms with Gasteiger partial charge in [-0.05, 0) is 38.8 Å². The fourth-order valence-corrected chi connectivity index (χ4v) is 5.11. The summed E-state index contributed by atoms with van der Waals surface area (Å²) in [6.07, 6.45) is 0. The molecule has 0 aromatic carbocycles. The molecule has 0 saturated heterocycles. The van der Waals surface area contributed by atoms with Gasteiger partial charge in [0.25, 0.3) is 10.0 Å². The zero-order chi connectivity index (χ0) is 12.5. The minimum absolute atomic E-state index is 0.0486. The first-order chi connectivity index (χ1) is 7.25. The second-order valence-electron chi connectivity index (χ2n) is 2.87. The maximum atomic E-state index is 11.8. The lowest BCUT2D eigenvalue weighted by Crippen LogP contribution is -2.38. The van der Waals surface area contributed by atoms with Gasteiger partial charge in [0.2, 0.25) is 0 Å². The molecule has 0 aliphatic carbocycles. The number of aliphatic carboxylic acids is 1. The van der Waals surface area contributed by atoms with Crippen LogP contribution in [0.5, 0.6) is 0 Å². The van der Waals surface area contributed by atoms with Gasteiger partial charge in [0, 0.05) is 9.85 Å². The summed E-state index contributed by atoms with van der Waals surface area (Å²) in [6.45, 7) is 1.26. The topological polar surface area (TPSA) is 83.5 Å². The SMILES string of the molecule is CC(NS(=O)(=O)c1scc(Br)c1Br)C(=O)O. The predicted octanol–water partition coefficient (Wildman–Crippen LogP) is 2.02. The summed E-state index contributed by atoms with van der Waals surface area (Å²) in [4.78, 5) is 10.6. The lowest BCUT2D eigenvalue weighted by atomic mass is 10.4. The third-order valence-corrected chi connectivity index (χ3v) is 7.49. The van der Waals surface area contributed by atoms with Crippen LogP contribution in [0.15, 0.2) is 18.5 Å². The first kappa shape index (κ1) is 14.1. The summed E-state index contributed by atoms with van der Waals surface area (Å²) >= 11 is 7.27. The van der Waals surface area contributed by atoms with E-state index in [-0.39, 0.29) is 4.21 Å². The molecule has 1 atom stereocenters. The number of rotatable bonds is 4. The molecular formula is C7H7Br2NO4S2. The third kappa shape index (κ3) is 3.04. The minimum Gasteiger partial charge on any atom is -0.480 e. The van der Waals surface area contributed by atoms with Crippen molar-refractivity contribution in [3.8, 4) is 0 Å². The molecule has 0 aliphatic rings. The molecule has 0 radical (unpaired) electrons. The van der Waals surface area contributed by atoms with Crippen LogP contribution in [0.3, 0.4) is 0 Å². The fraction of sp³-hybridized carbons (Fsp3) is 0.286. The molecule has 2 N–H and O–H groups in total. The van der Waals surface area contributed by atoms with Gasteiger partial charge in [-0.15, -0.1) is 11.3 Å². The van der Waals surface area contributed by atoms with Crippen LogP contribution >= 0.6 is 43.2 Å². The summed E-state index contributed by atoms with van der Waals surface area (Å²) in [7, 11) is -3.80. The van der Waals surface area contributed by atoms with Crippen LogP contribution in [0, 0.1) is 0 Å².